The first-order valence-electron chi connectivity index (χ1n) is 6.80. The van der Waals surface area contributed by atoms with Gasteiger partial charge < -0.3 is 4.42 Å². The molecule has 0 atom stereocenters. The Hall–Kier alpha value is -2.51. The molecule has 23 heavy (non-hydrogen) atoms. The lowest BCUT2D eigenvalue weighted by Crippen LogP contribution is -2.04. The fourth-order valence-corrected chi connectivity index (χ4v) is 2.84. The van der Waals surface area contributed by atoms with Gasteiger partial charge in [-0.05, 0) is 40.9 Å². The van der Waals surface area contributed by atoms with Crippen molar-refractivity contribution >= 4 is 22.9 Å². The molecule has 8 heteroatoms. The Labute approximate surface area is 140 Å². The molecule has 4 rings (SSSR count). The van der Waals surface area contributed by atoms with E-state index in [1.54, 1.807) is 17.5 Å². The van der Waals surface area contributed by atoms with Crippen LogP contribution in [0.2, 0.25) is 5.02 Å². The monoisotopic (exact) mass is 343 g/mol. The van der Waals surface area contributed by atoms with Gasteiger partial charge in [0.2, 0.25) is 11.7 Å². The first-order chi connectivity index (χ1) is 11.3. The normalized spacial score (nSPS) is 11.0. The number of hydrogen-bond acceptors (Lipinski definition) is 6. The molecule has 6 nitrogen and oxygen atoms in total. The molecule has 0 radical (unpaired) electrons. The maximum Gasteiger partial charge on any atom is 0.218 e. The summed E-state index contributed by atoms with van der Waals surface area (Å²) in [6, 6.07) is 11.3. The van der Waals surface area contributed by atoms with E-state index in [4.69, 9.17) is 16.0 Å². The van der Waals surface area contributed by atoms with Crippen molar-refractivity contribution in [2.45, 2.75) is 6.54 Å². The van der Waals surface area contributed by atoms with E-state index in [1.807, 2.05) is 41.8 Å². The Balaban J connectivity index is 1.53. The van der Waals surface area contributed by atoms with E-state index >= 15 is 0 Å². The minimum atomic E-state index is 0.325. The van der Waals surface area contributed by atoms with Crippen LogP contribution in [0.15, 0.2) is 52.4 Å². The lowest BCUT2D eigenvalue weighted by atomic mass is 10.2. The lowest BCUT2D eigenvalue weighted by molar-refractivity contribution is 0.447. The molecule has 114 valence electrons. The highest BCUT2D eigenvalue weighted by atomic mass is 35.5. The smallest absolute Gasteiger partial charge is 0.218 e. The standard InChI is InChI=1S/C15H10ClN5OS/c16-11-5-3-10(4-6-11)12-8-17-14(22-12)9-21-19-15(18-20-21)13-2-1-7-23-13/h1-8H,9H2. The minimum Gasteiger partial charge on any atom is -0.439 e. The van der Waals surface area contributed by atoms with Crippen LogP contribution in [0.5, 0.6) is 0 Å². The summed E-state index contributed by atoms with van der Waals surface area (Å²) in [6.07, 6.45) is 1.68. The number of tetrazole rings is 1. The second-order valence-corrected chi connectivity index (χ2v) is 6.13. The summed E-state index contributed by atoms with van der Waals surface area (Å²) in [4.78, 5) is 6.70. The van der Waals surface area contributed by atoms with Gasteiger partial charge in [-0.2, -0.15) is 4.80 Å². The van der Waals surface area contributed by atoms with Crippen molar-refractivity contribution in [2.75, 3.05) is 0 Å². The molecule has 0 fully saturated rings. The molecule has 0 unspecified atom stereocenters. The second-order valence-electron chi connectivity index (χ2n) is 4.75. The van der Waals surface area contributed by atoms with Crippen LogP contribution in [0.3, 0.4) is 0 Å². The first kappa shape index (κ1) is 14.1. The van der Waals surface area contributed by atoms with E-state index in [0.717, 1.165) is 10.4 Å². The van der Waals surface area contributed by atoms with Crippen molar-refractivity contribution in [3.63, 3.8) is 0 Å². The average molecular weight is 344 g/mol. The van der Waals surface area contributed by atoms with E-state index in [9.17, 15) is 0 Å². The van der Waals surface area contributed by atoms with E-state index in [2.05, 4.69) is 20.4 Å². The summed E-state index contributed by atoms with van der Waals surface area (Å²) in [5.74, 6) is 1.80. The largest absolute Gasteiger partial charge is 0.439 e. The van der Waals surface area contributed by atoms with Crippen LogP contribution in [0.1, 0.15) is 5.89 Å². The maximum atomic E-state index is 5.88. The summed E-state index contributed by atoms with van der Waals surface area (Å²) < 4.78 is 5.73. The number of benzene rings is 1. The van der Waals surface area contributed by atoms with Crippen molar-refractivity contribution in [1.29, 1.82) is 0 Å². The predicted octanol–water partition coefficient (Wildman–Crippen LogP) is 3.76. The van der Waals surface area contributed by atoms with Crippen LogP contribution in [0.4, 0.5) is 0 Å². The number of hydrogen-bond donors (Lipinski definition) is 0. The van der Waals surface area contributed by atoms with Gasteiger partial charge in [0.15, 0.2) is 5.76 Å². The molecular weight excluding hydrogens is 334 g/mol. The Bertz CT molecular complexity index is 914. The third-order valence-electron chi connectivity index (χ3n) is 3.15. The maximum absolute atomic E-state index is 5.88. The van der Waals surface area contributed by atoms with Gasteiger partial charge in [0.25, 0.3) is 0 Å². The summed E-state index contributed by atoms with van der Waals surface area (Å²) in [7, 11) is 0. The number of oxazole rings is 1. The average Bonchev–Trinajstić information content (AvgIpc) is 3.29. The number of thiophene rings is 1. The molecule has 0 N–H and O–H groups in total. The fourth-order valence-electron chi connectivity index (χ4n) is 2.07. The van der Waals surface area contributed by atoms with Crippen molar-refractivity contribution in [1.82, 2.24) is 25.2 Å². The van der Waals surface area contributed by atoms with Crippen LogP contribution in [-0.4, -0.2) is 25.2 Å². The zero-order chi connectivity index (χ0) is 15.6. The Morgan fingerprint density at radius 3 is 2.83 bits per heavy atom. The van der Waals surface area contributed by atoms with E-state index in [-0.39, 0.29) is 0 Å². The molecule has 0 spiro atoms. The van der Waals surface area contributed by atoms with E-state index < -0.39 is 0 Å². The molecular formula is C15H10ClN5OS. The van der Waals surface area contributed by atoms with Crippen LogP contribution in [0, 0.1) is 0 Å². The highest BCUT2D eigenvalue weighted by Crippen LogP contribution is 2.23. The van der Waals surface area contributed by atoms with Gasteiger partial charge in [-0.1, -0.05) is 17.7 Å². The topological polar surface area (TPSA) is 69.6 Å². The molecule has 0 aliphatic heterocycles. The molecule has 0 aliphatic carbocycles. The van der Waals surface area contributed by atoms with Gasteiger partial charge in [-0.25, -0.2) is 4.98 Å². The number of aromatic nitrogens is 5. The molecule has 0 saturated heterocycles. The van der Waals surface area contributed by atoms with Gasteiger partial charge >= 0.3 is 0 Å². The summed E-state index contributed by atoms with van der Waals surface area (Å²) in [6.45, 7) is 0.325. The zero-order valence-corrected chi connectivity index (χ0v) is 13.3. The van der Waals surface area contributed by atoms with Gasteiger partial charge in [0.05, 0.1) is 11.1 Å². The molecule has 4 aromatic rings. The van der Waals surface area contributed by atoms with E-state index in [1.165, 1.54) is 4.80 Å². The number of nitrogens with zero attached hydrogens (tertiary/aromatic N) is 5. The van der Waals surface area contributed by atoms with Gasteiger partial charge in [0.1, 0.15) is 6.54 Å². The van der Waals surface area contributed by atoms with Crippen molar-refractivity contribution in [3.05, 3.63) is 58.9 Å². The van der Waals surface area contributed by atoms with Crippen LogP contribution in [0.25, 0.3) is 22.0 Å². The predicted molar refractivity (Wildman–Crippen MR) is 87.2 cm³/mol. The second kappa shape index (κ2) is 5.94. The highest BCUT2D eigenvalue weighted by molar-refractivity contribution is 7.13. The summed E-state index contributed by atoms with van der Waals surface area (Å²) >= 11 is 7.45. The molecule has 0 aliphatic rings. The minimum absolute atomic E-state index is 0.325. The molecule has 0 bridgehead atoms. The highest BCUT2D eigenvalue weighted by Gasteiger charge is 2.11. The summed E-state index contributed by atoms with van der Waals surface area (Å²) in [5, 5.41) is 15.0. The Morgan fingerprint density at radius 2 is 2.04 bits per heavy atom. The Morgan fingerprint density at radius 1 is 1.17 bits per heavy atom. The van der Waals surface area contributed by atoms with Crippen molar-refractivity contribution in [3.8, 4) is 22.0 Å². The molecule has 0 saturated carbocycles. The third kappa shape index (κ3) is 3.01. The van der Waals surface area contributed by atoms with Crippen LogP contribution in [-0.2, 0) is 6.54 Å². The quantitative estimate of drug-likeness (QED) is 0.564. The van der Waals surface area contributed by atoms with Gasteiger partial charge in [0, 0.05) is 10.6 Å². The van der Waals surface area contributed by atoms with Gasteiger partial charge in [-0.3, -0.25) is 0 Å². The molecule has 0 amide bonds. The fraction of sp³-hybridized carbons (Fsp3) is 0.0667. The van der Waals surface area contributed by atoms with Crippen molar-refractivity contribution in [2.24, 2.45) is 0 Å². The molecule has 3 heterocycles. The van der Waals surface area contributed by atoms with Crippen molar-refractivity contribution < 1.29 is 4.42 Å². The van der Waals surface area contributed by atoms with Gasteiger partial charge in [-0.15, -0.1) is 21.5 Å². The SMILES string of the molecule is Clc1ccc(-c2cnc(Cn3nnc(-c4cccs4)n3)o2)cc1. The zero-order valence-electron chi connectivity index (χ0n) is 11.8. The first-order valence-corrected chi connectivity index (χ1v) is 8.06. The van der Waals surface area contributed by atoms with E-state index in [0.29, 0.717) is 29.0 Å². The Kier molecular flexibility index (Phi) is 3.64. The molecule has 3 aromatic heterocycles. The molecule has 1 aromatic carbocycles. The van der Waals surface area contributed by atoms with Crippen LogP contribution >= 0.6 is 22.9 Å². The lowest BCUT2D eigenvalue weighted by Gasteiger charge is -1.96. The third-order valence-corrected chi connectivity index (χ3v) is 4.27. The summed E-state index contributed by atoms with van der Waals surface area (Å²) in [5.41, 5.74) is 0.916. The number of rotatable bonds is 4. The van der Waals surface area contributed by atoms with Crippen LogP contribution < -0.4 is 0 Å². The number of halogens is 1.